The number of rotatable bonds is 6. The average Bonchev–Trinajstić information content (AvgIpc) is 2.67. The highest BCUT2D eigenvalue weighted by Crippen LogP contribution is 2.35. The number of nitrogens with one attached hydrogen (secondary N) is 1. The summed E-state index contributed by atoms with van der Waals surface area (Å²) in [7, 11) is 0. The second-order valence-corrected chi connectivity index (χ2v) is 5.67. The van der Waals surface area contributed by atoms with E-state index in [1.54, 1.807) is 42.6 Å². The molecule has 0 aliphatic carbocycles. The van der Waals surface area contributed by atoms with Gasteiger partial charge in [0.1, 0.15) is 5.75 Å². The number of amides is 1. The van der Waals surface area contributed by atoms with Crippen molar-refractivity contribution >= 4 is 5.91 Å². The van der Waals surface area contributed by atoms with Crippen molar-refractivity contribution in [1.29, 1.82) is 0 Å². The van der Waals surface area contributed by atoms with E-state index in [0.717, 1.165) is 0 Å². The summed E-state index contributed by atoms with van der Waals surface area (Å²) in [5, 5.41) is 2.74. The molecule has 0 radical (unpaired) electrons. The van der Waals surface area contributed by atoms with E-state index in [4.69, 9.17) is 4.74 Å². The number of ether oxygens (including phenoxy) is 2. The van der Waals surface area contributed by atoms with E-state index in [-0.39, 0.29) is 18.2 Å². The Bertz CT molecular complexity index is 947. The summed E-state index contributed by atoms with van der Waals surface area (Å²) in [6, 6.07) is 15.4. The van der Waals surface area contributed by atoms with E-state index in [9.17, 15) is 18.0 Å². The van der Waals surface area contributed by atoms with Crippen LogP contribution >= 0.6 is 0 Å². The van der Waals surface area contributed by atoms with E-state index in [1.807, 2.05) is 0 Å². The lowest BCUT2D eigenvalue weighted by Gasteiger charge is -2.14. The Kier molecular flexibility index (Phi) is 5.78. The summed E-state index contributed by atoms with van der Waals surface area (Å²) in [6.45, 7) is 0.214. The van der Waals surface area contributed by atoms with Gasteiger partial charge in [0.2, 0.25) is 0 Å². The fourth-order valence-corrected chi connectivity index (χ4v) is 2.37. The normalized spacial score (nSPS) is 11.0. The molecule has 8 heteroatoms. The van der Waals surface area contributed by atoms with Crippen molar-refractivity contribution < 1.29 is 27.4 Å². The van der Waals surface area contributed by atoms with Crippen LogP contribution < -0.4 is 14.8 Å². The van der Waals surface area contributed by atoms with E-state index >= 15 is 0 Å². The van der Waals surface area contributed by atoms with Gasteiger partial charge in [-0.25, -0.2) is 0 Å². The SMILES string of the molecule is O=C(NCc1cccc(Oc2ccccc2OC(F)(F)F)c1)c1cccnc1. The molecule has 144 valence electrons. The Labute approximate surface area is 158 Å². The predicted octanol–water partition coefficient (Wildman–Crippen LogP) is 4.70. The van der Waals surface area contributed by atoms with Crippen LogP contribution in [0.2, 0.25) is 0 Å². The lowest BCUT2D eigenvalue weighted by Crippen LogP contribution is -2.22. The largest absolute Gasteiger partial charge is 0.573 e. The first-order chi connectivity index (χ1) is 13.4. The standard InChI is InChI=1S/C20H15F3N2O3/c21-20(22,23)28-18-9-2-1-8-17(18)27-16-7-3-5-14(11-16)12-25-19(26)15-6-4-10-24-13-15/h1-11,13H,12H2,(H,25,26). The molecular formula is C20H15F3N2O3. The molecule has 1 amide bonds. The molecule has 3 aromatic rings. The zero-order chi connectivity index (χ0) is 20.0. The summed E-state index contributed by atoms with van der Waals surface area (Å²) in [4.78, 5) is 15.9. The minimum Gasteiger partial charge on any atom is -0.453 e. The molecule has 0 fully saturated rings. The van der Waals surface area contributed by atoms with Crippen molar-refractivity contribution in [2.45, 2.75) is 12.9 Å². The van der Waals surface area contributed by atoms with Crippen molar-refractivity contribution in [3.63, 3.8) is 0 Å². The molecule has 0 aliphatic rings. The highest BCUT2D eigenvalue weighted by Gasteiger charge is 2.32. The number of nitrogens with zero attached hydrogens (tertiary/aromatic N) is 1. The maximum Gasteiger partial charge on any atom is 0.573 e. The zero-order valence-electron chi connectivity index (χ0n) is 14.4. The van der Waals surface area contributed by atoms with Crippen LogP contribution in [0.25, 0.3) is 0 Å². The van der Waals surface area contributed by atoms with Crippen LogP contribution in [0.1, 0.15) is 15.9 Å². The van der Waals surface area contributed by atoms with E-state index in [0.29, 0.717) is 16.9 Å². The van der Waals surface area contributed by atoms with Gasteiger partial charge in [0.15, 0.2) is 11.5 Å². The third-order valence-electron chi connectivity index (χ3n) is 3.58. The van der Waals surface area contributed by atoms with Gasteiger partial charge in [-0.2, -0.15) is 0 Å². The first-order valence-corrected chi connectivity index (χ1v) is 8.20. The molecular weight excluding hydrogens is 373 g/mol. The quantitative estimate of drug-likeness (QED) is 0.665. The Morgan fingerprint density at radius 1 is 1.00 bits per heavy atom. The fraction of sp³-hybridized carbons (Fsp3) is 0.100. The average molecular weight is 388 g/mol. The number of carbonyl (C=O) groups excluding carboxylic acids is 1. The van der Waals surface area contributed by atoms with E-state index in [1.165, 1.54) is 30.5 Å². The van der Waals surface area contributed by atoms with Gasteiger partial charge in [-0.3, -0.25) is 9.78 Å². The molecule has 1 heterocycles. The number of pyridine rings is 1. The zero-order valence-corrected chi connectivity index (χ0v) is 14.4. The summed E-state index contributed by atoms with van der Waals surface area (Å²) >= 11 is 0. The maximum absolute atomic E-state index is 12.5. The predicted molar refractivity (Wildman–Crippen MR) is 95.0 cm³/mol. The smallest absolute Gasteiger partial charge is 0.453 e. The molecule has 0 atom stereocenters. The van der Waals surface area contributed by atoms with Gasteiger partial charge >= 0.3 is 6.36 Å². The van der Waals surface area contributed by atoms with Crippen molar-refractivity contribution in [3.05, 3.63) is 84.2 Å². The number of para-hydroxylation sites is 2. The molecule has 2 aromatic carbocycles. The summed E-state index contributed by atoms with van der Waals surface area (Å²) in [5.41, 5.74) is 1.14. The number of carbonyl (C=O) groups is 1. The molecule has 0 unspecified atom stereocenters. The lowest BCUT2D eigenvalue weighted by atomic mass is 10.2. The Balaban J connectivity index is 1.68. The number of aromatic nitrogens is 1. The van der Waals surface area contributed by atoms with Gasteiger partial charge in [0.05, 0.1) is 5.56 Å². The molecule has 28 heavy (non-hydrogen) atoms. The molecule has 0 spiro atoms. The number of hydrogen-bond acceptors (Lipinski definition) is 4. The lowest BCUT2D eigenvalue weighted by molar-refractivity contribution is -0.275. The molecule has 0 saturated heterocycles. The number of alkyl halides is 3. The van der Waals surface area contributed by atoms with Crippen LogP contribution in [0.3, 0.4) is 0 Å². The van der Waals surface area contributed by atoms with Crippen LogP contribution in [0.5, 0.6) is 17.2 Å². The van der Waals surface area contributed by atoms with Crippen LogP contribution in [0, 0.1) is 0 Å². The monoisotopic (exact) mass is 388 g/mol. The summed E-state index contributed by atoms with van der Waals surface area (Å²) in [6.07, 6.45) is -1.80. The van der Waals surface area contributed by atoms with Crippen molar-refractivity contribution in [1.82, 2.24) is 10.3 Å². The van der Waals surface area contributed by atoms with Gasteiger partial charge in [-0.1, -0.05) is 24.3 Å². The minimum atomic E-state index is -4.82. The Hall–Kier alpha value is -3.55. The third kappa shape index (κ3) is 5.47. The van der Waals surface area contributed by atoms with Crippen LogP contribution in [-0.4, -0.2) is 17.3 Å². The van der Waals surface area contributed by atoms with Crippen LogP contribution in [0.4, 0.5) is 13.2 Å². The van der Waals surface area contributed by atoms with Crippen LogP contribution in [0.15, 0.2) is 73.1 Å². The van der Waals surface area contributed by atoms with Crippen molar-refractivity contribution in [2.24, 2.45) is 0 Å². The maximum atomic E-state index is 12.5. The Morgan fingerprint density at radius 2 is 1.79 bits per heavy atom. The topological polar surface area (TPSA) is 60.5 Å². The van der Waals surface area contributed by atoms with Gasteiger partial charge in [0.25, 0.3) is 5.91 Å². The van der Waals surface area contributed by atoms with Gasteiger partial charge in [-0.15, -0.1) is 13.2 Å². The van der Waals surface area contributed by atoms with Crippen molar-refractivity contribution in [2.75, 3.05) is 0 Å². The van der Waals surface area contributed by atoms with Gasteiger partial charge < -0.3 is 14.8 Å². The second-order valence-electron chi connectivity index (χ2n) is 5.67. The number of halogens is 3. The van der Waals surface area contributed by atoms with Gasteiger partial charge in [-0.05, 0) is 42.0 Å². The molecule has 0 aliphatic heterocycles. The highest BCUT2D eigenvalue weighted by atomic mass is 19.4. The Morgan fingerprint density at radius 3 is 2.50 bits per heavy atom. The first-order valence-electron chi connectivity index (χ1n) is 8.20. The molecule has 1 N–H and O–H groups in total. The third-order valence-corrected chi connectivity index (χ3v) is 3.58. The number of hydrogen-bond donors (Lipinski definition) is 1. The van der Waals surface area contributed by atoms with Gasteiger partial charge in [0, 0.05) is 18.9 Å². The van der Waals surface area contributed by atoms with Crippen molar-refractivity contribution in [3.8, 4) is 17.2 Å². The van der Waals surface area contributed by atoms with E-state index in [2.05, 4.69) is 15.0 Å². The highest BCUT2D eigenvalue weighted by molar-refractivity contribution is 5.93. The number of benzene rings is 2. The molecule has 1 aromatic heterocycles. The molecule has 0 bridgehead atoms. The van der Waals surface area contributed by atoms with Crippen LogP contribution in [-0.2, 0) is 6.54 Å². The fourth-order valence-electron chi connectivity index (χ4n) is 2.37. The van der Waals surface area contributed by atoms with E-state index < -0.39 is 12.1 Å². The summed E-state index contributed by atoms with van der Waals surface area (Å²) in [5.74, 6) is -0.489. The molecule has 3 rings (SSSR count). The second kappa shape index (κ2) is 8.43. The molecule has 0 saturated carbocycles. The minimum absolute atomic E-state index is 0.0728. The first kappa shape index (κ1) is 19.2. The summed E-state index contributed by atoms with van der Waals surface area (Å²) < 4.78 is 47.1. The molecule has 5 nitrogen and oxygen atoms in total.